The zero-order valence-electron chi connectivity index (χ0n) is 11.4. The standard InChI is InChI=1S/C15H15ClN2OS/c1-15(2)7-10(6-11(19)8-15)17-14-18-12-4-3-9(16)5-13(12)20-14/h3-6H,7-8H2,1-2H3,(H,17,18). The number of allylic oxidation sites excluding steroid dienone is 2. The number of nitrogens with one attached hydrogen (secondary N) is 1. The van der Waals surface area contributed by atoms with Crippen molar-refractivity contribution in [3.63, 3.8) is 0 Å². The molecule has 0 atom stereocenters. The molecule has 0 bridgehead atoms. The number of hydrogen-bond acceptors (Lipinski definition) is 4. The Kier molecular flexibility index (Phi) is 3.30. The number of aromatic nitrogens is 1. The van der Waals surface area contributed by atoms with Crippen LogP contribution in [-0.4, -0.2) is 10.8 Å². The summed E-state index contributed by atoms with van der Waals surface area (Å²) in [6.45, 7) is 4.22. The lowest BCUT2D eigenvalue weighted by atomic mass is 9.79. The van der Waals surface area contributed by atoms with Crippen molar-refractivity contribution in [2.75, 3.05) is 5.32 Å². The van der Waals surface area contributed by atoms with Gasteiger partial charge in [-0.3, -0.25) is 4.79 Å². The van der Waals surface area contributed by atoms with Crippen LogP contribution in [0.25, 0.3) is 10.2 Å². The number of carbonyl (C=O) groups excluding carboxylic acids is 1. The van der Waals surface area contributed by atoms with E-state index in [4.69, 9.17) is 11.6 Å². The molecule has 0 aliphatic heterocycles. The number of benzene rings is 1. The zero-order chi connectivity index (χ0) is 14.3. The summed E-state index contributed by atoms with van der Waals surface area (Å²) in [7, 11) is 0. The average molecular weight is 307 g/mol. The number of ketones is 1. The summed E-state index contributed by atoms with van der Waals surface area (Å²) in [4.78, 5) is 16.3. The van der Waals surface area contributed by atoms with E-state index in [1.54, 1.807) is 17.4 Å². The van der Waals surface area contributed by atoms with Crippen molar-refractivity contribution in [2.24, 2.45) is 5.41 Å². The van der Waals surface area contributed by atoms with Gasteiger partial charge in [-0.25, -0.2) is 4.98 Å². The Hall–Kier alpha value is -1.39. The van der Waals surface area contributed by atoms with Crippen LogP contribution in [0, 0.1) is 5.41 Å². The minimum atomic E-state index is 0.00809. The Balaban J connectivity index is 1.87. The van der Waals surface area contributed by atoms with Gasteiger partial charge < -0.3 is 5.32 Å². The van der Waals surface area contributed by atoms with Gasteiger partial charge in [0.2, 0.25) is 0 Å². The number of fused-ring (bicyclic) bond motifs is 1. The van der Waals surface area contributed by atoms with Crippen molar-refractivity contribution in [2.45, 2.75) is 26.7 Å². The minimum Gasteiger partial charge on any atom is -0.335 e. The fraction of sp³-hybridized carbons (Fsp3) is 0.333. The molecule has 1 aliphatic carbocycles. The maximum atomic E-state index is 11.7. The smallest absolute Gasteiger partial charge is 0.188 e. The first-order valence-corrected chi connectivity index (χ1v) is 7.67. The van der Waals surface area contributed by atoms with Crippen LogP contribution in [0.3, 0.4) is 0 Å². The van der Waals surface area contributed by atoms with E-state index in [1.807, 2.05) is 18.2 Å². The van der Waals surface area contributed by atoms with Crippen molar-refractivity contribution in [3.05, 3.63) is 35.0 Å². The first-order valence-electron chi connectivity index (χ1n) is 6.48. The zero-order valence-corrected chi connectivity index (χ0v) is 12.9. The quantitative estimate of drug-likeness (QED) is 0.879. The first-order chi connectivity index (χ1) is 9.41. The molecule has 104 valence electrons. The number of halogens is 1. The molecule has 0 radical (unpaired) electrons. The Labute approximate surface area is 126 Å². The summed E-state index contributed by atoms with van der Waals surface area (Å²) < 4.78 is 1.04. The van der Waals surface area contributed by atoms with Gasteiger partial charge in [0.05, 0.1) is 10.2 Å². The molecule has 0 saturated carbocycles. The Bertz CT molecular complexity index is 718. The highest BCUT2D eigenvalue weighted by Crippen LogP contribution is 2.35. The summed E-state index contributed by atoms with van der Waals surface area (Å²) >= 11 is 7.53. The minimum absolute atomic E-state index is 0.00809. The van der Waals surface area contributed by atoms with Gasteiger partial charge in [-0.2, -0.15) is 0 Å². The molecule has 1 N–H and O–H groups in total. The van der Waals surface area contributed by atoms with E-state index >= 15 is 0 Å². The average Bonchev–Trinajstić information content (AvgIpc) is 2.67. The number of hydrogen-bond donors (Lipinski definition) is 1. The summed E-state index contributed by atoms with van der Waals surface area (Å²) in [5.74, 6) is 0.174. The molecule has 1 aliphatic rings. The largest absolute Gasteiger partial charge is 0.335 e. The molecule has 1 aromatic carbocycles. The molecule has 0 unspecified atom stereocenters. The van der Waals surface area contributed by atoms with Crippen LogP contribution in [0.4, 0.5) is 5.13 Å². The van der Waals surface area contributed by atoms with Crippen LogP contribution in [0.2, 0.25) is 5.02 Å². The van der Waals surface area contributed by atoms with Gasteiger partial charge in [-0.15, -0.1) is 0 Å². The van der Waals surface area contributed by atoms with Gasteiger partial charge in [-0.1, -0.05) is 36.8 Å². The van der Waals surface area contributed by atoms with Crippen molar-refractivity contribution in [1.29, 1.82) is 0 Å². The maximum absolute atomic E-state index is 11.7. The van der Waals surface area contributed by atoms with E-state index in [9.17, 15) is 4.79 Å². The molecular formula is C15H15ClN2OS. The molecule has 0 fully saturated rings. The second-order valence-corrected chi connectivity index (χ2v) is 7.38. The molecule has 0 amide bonds. The lowest BCUT2D eigenvalue weighted by Crippen LogP contribution is -2.24. The normalized spacial score (nSPS) is 18.1. The van der Waals surface area contributed by atoms with Crippen LogP contribution in [-0.2, 0) is 4.79 Å². The van der Waals surface area contributed by atoms with Gasteiger partial charge >= 0.3 is 0 Å². The van der Waals surface area contributed by atoms with Crippen LogP contribution in [0.1, 0.15) is 26.7 Å². The second-order valence-electron chi connectivity index (χ2n) is 5.91. The van der Waals surface area contributed by atoms with E-state index in [0.717, 1.165) is 27.5 Å². The van der Waals surface area contributed by atoms with E-state index in [0.29, 0.717) is 11.4 Å². The van der Waals surface area contributed by atoms with Crippen LogP contribution < -0.4 is 5.32 Å². The lowest BCUT2D eigenvalue weighted by Gasteiger charge is -2.28. The van der Waals surface area contributed by atoms with Gasteiger partial charge in [0, 0.05) is 23.2 Å². The predicted molar refractivity (Wildman–Crippen MR) is 84.4 cm³/mol. The van der Waals surface area contributed by atoms with E-state index in [2.05, 4.69) is 24.1 Å². The van der Waals surface area contributed by atoms with Gasteiger partial charge in [0.15, 0.2) is 10.9 Å². The fourth-order valence-corrected chi connectivity index (χ4v) is 3.69. The van der Waals surface area contributed by atoms with Gasteiger partial charge in [0.1, 0.15) is 0 Å². The summed E-state index contributed by atoms with van der Waals surface area (Å²) in [5, 5.41) is 4.79. The van der Waals surface area contributed by atoms with E-state index in [1.165, 1.54) is 0 Å². The number of anilines is 1. The number of nitrogens with zero attached hydrogens (tertiary/aromatic N) is 1. The maximum Gasteiger partial charge on any atom is 0.188 e. The summed E-state index contributed by atoms with van der Waals surface area (Å²) in [6.07, 6.45) is 3.16. The molecule has 3 rings (SSSR count). The second kappa shape index (κ2) is 4.86. The molecule has 3 nitrogen and oxygen atoms in total. The predicted octanol–water partition coefficient (Wildman–Crippen LogP) is 4.63. The Morgan fingerprint density at radius 1 is 1.35 bits per heavy atom. The highest BCUT2D eigenvalue weighted by Gasteiger charge is 2.27. The Morgan fingerprint density at radius 3 is 2.90 bits per heavy atom. The lowest BCUT2D eigenvalue weighted by molar-refractivity contribution is -0.117. The van der Waals surface area contributed by atoms with Crippen molar-refractivity contribution in [1.82, 2.24) is 4.98 Å². The number of rotatable bonds is 2. The molecule has 0 spiro atoms. The van der Waals surface area contributed by atoms with Crippen molar-refractivity contribution >= 4 is 44.1 Å². The van der Waals surface area contributed by atoms with E-state index in [-0.39, 0.29) is 11.2 Å². The highest BCUT2D eigenvalue weighted by molar-refractivity contribution is 7.22. The number of carbonyl (C=O) groups is 1. The van der Waals surface area contributed by atoms with Crippen LogP contribution >= 0.6 is 22.9 Å². The topological polar surface area (TPSA) is 42.0 Å². The van der Waals surface area contributed by atoms with Crippen molar-refractivity contribution in [3.8, 4) is 0 Å². The van der Waals surface area contributed by atoms with E-state index < -0.39 is 0 Å². The SMILES string of the molecule is CC1(C)CC(=O)C=C(Nc2nc3ccc(Cl)cc3s2)C1. The monoisotopic (exact) mass is 306 g/mol. The molecule has 5 heteroatoms. The molecule has 1 heterocycles. The van der Waals surface area contributed by atoms with Gasteiger partial charge in [0.25, 0.3) is 0 Å². The highest BCUT2D eigenvalue weighted by atomic mass is 35.5. The van der Waals surface area contributed by atoms with Crippen LogP contribution in [0.15, 0.2) is 30.0 Å². The molecule has 2 aromatic rings. The third-order valence-electron chi connectivity index (χ3n) is 3.27. The number of thiazole rings is 1. The fourth-order valence-electron chi connectivity index (χ4n) is 2.52. The molecule has 0 saturated heterocycles. The molecule has 20 heavy (non-hydrogen) atoms. The van der Waals surface area contributed by atoms with Crippen molar-refractivity contribution < 1.29 is 4.79 Å². The summed E-state index contributed by atoms with van der Waals surface area (Å²) in [6, 6.07) is 5.65. The Morgan fingerprint density at radius 2 is 2.15 bits per heavy atom. The third kappa shape index (κ3) is 2.86. The summed E-state index contributed by atoms with van der Waals surface area (Å²) in [5.41, 5.74) is 1.87. The van der Waals surface area contributed by atoms with Gasteiger partial charge in [-0.05, 0) is 30.0 Å². The third-order valence-corrected chi connectivity index (χ3v) is 4.44. The molecular weight excluding hydrogens is 292 g/mol. The van der Waals surface area contributed by atoms with Crippen LogP contribution in [0.5, 0.6) is 0 Å². The molecule has 1 aromatic heterocycles. The first kappa shape index (κ1) is 13.6.